The van der Waals surface area contributed by atoms with Crippen molar-refractivity contribution in [3.05, 3.63) is 27.2 Å². The van der Waals surface area contributed by atoms with Crippen LogP contribution in [0.15, 0.2) is 16.6 Å². The van der Waals surface area contributed by atoms with E-state index in [-0.39, 0.29) is 11.8 Å². The van der Waals surface area contributed by atoms with E-state index in [1.54, 1.807) is 12.1 Å². The Morgan fingerprint density at radius 3 is 2.71 bits per heavy atom. The molecule has 3 N–H and O–H groups in total. The first-order valence-electron chi connectivity index (χ1n) is 5.61. The number of nitrogens with two attached hydrogens (primary N) is 1. The molecule has 1 aliphatic rings. The molecule has 0 amide bonds. The van der Waals surface area contributed by atoms with Gasteiger partial charge in [0.15, 0.2) is 0 Å². The molecular weight excluding hydrogens is 305 g/mol. The van der Waals surface area contributed by atoms with E-state index in [0.29, 0.717) is 15.4 Å². The average molecular weight is 321 g/mol. The van der Waals surface area contributed by atoms with Gasteiger partial charge < -0.3 is 15.6 Å². The van der Waals surface area contributed by atoms with Crippen LogP contribution in [0.1, 0.15) is 24.4 Å². The number of aromatic hydroxyl groups is 1. The Morgan fingerprint density at radius 2 is 2.06 bits per heavy atom. The van der Waals surface area contributed by atoms with Crippen LogP contribution in [0.5, 0.6) is 5.75 Å². The molecule has 0 unspecified atom stereocenters. The summed E-state index contributed by atoms with van der Waals surface area (Å²) in [7, 11) is 0. The van der Waals surface area contributed by atoms with Crippen molar-refractivity contribution in [2.24, 2.45) is 11.7 Å². The molecule has 1 saturated heterocycles. The first-order valence-corrected chi connectivity index (χ1v) is 6.78. The fourth-order valence-electron chi connectivity index (χ4n) is 2.15. The van der Waals surface area contributed by atoms with Crippen molar-refractivity contribution < 1.29 is 9.84 Å². The molecule has 5 heteroatoms. The monoisotopic (exact) mass is 319 g/mol. The first-order chi connectivity index (χ1) is 8.11. The van der Waals surface area contributed by atoms with E-state index in [2.05, 4.69) is 15.9 Å². The fraction of sp³-hybridized carbons (Fsp3) is 0.500. The average Bonchev–Trinajstić information content (AvgIpc) is 2.36. The topological polar surface area (TPSA) is 55.5 Å². The fourth-order valence-corrected chi connectivity index (χ4v) is 2.67. The van der Waals surface area contributed by atoms with Crippen LogP contribution in [-0.4, -0.2) is 18.3 Å². The van der Waals surface area contributed by atoms with Crippen molar-refractivity contribution in [3.8, 4) is 5.75 Å². The highest BCUT2D eigenvalue weighted by atomic mass is 79.9. The minimum atomic E-state index is -0.174. The second-order valence-corrected chi connectivity index (χ2v) is 5.47. The molecule has 0 bridgehead atoms. The Morgan fingerprint density at radius 1 is 1.41 bits per heavy atom. The van der Waals surface area contributed by atoms with E-state index in [1.165, 1.54) is 0 Å². The lowest BCUT2D eigenvalue weighted by molar-refractivity contribution is 0.0581. The summed E-state index contributed by atoms with van der Waals surface area (Å²) in [6.45, 7) is 1.49. The molecule has 1 heterocycles. The van der Waals surface area contributed by atoms with Crippen molar-refractivity contribution in [2.45, 2.75) is 18.9 Å². The number of ether oxygens (including phenoxy) is 1. The summed E-state index contributed by atoms with van der Waals surface area (Å²) in [4.78, 5) is 0. The normalized spacial score (nSPS) is 19.2. The summed E-state index contributed by atoms with van der Waals surface area (Å²) in [6.07, 6.45) is 1.86. The van der Waals surface area contributed by atoms with Crippen LogP contribution < -0.4 is 5.73 Å². The van der Waals surface area contributed by atoms with E-state index in [4.69, 9.17) is 22.1 Å². The third kappa shape index (κ3) is 2.76. The highest BCUT2D eigenvalue weighted by Gasteiger charge is 2.25. The van der Waals surface area contributed by atoms with Gasteiger partial charge in [0.1, 0.15) is 5.75 Å². The van der Waals surface area contributed by atoms with Crippen molar-refractivity contribution in [3.63, 3.8) is 0 Å². The predicted molar refractivity (Wildman–Crippen MR) is 71.3 cm³/mol. The minimum Gasteiger partial charge on any atom is -0.506 e. The number of hydrogen-bond acceptors (Lipinski definition) is 3. The molecule has 17 heavy (non-hydrogen) atoms. The second-order valence-electron chi connectivity index (χ2n) is 4.27. The van der Waals surface area contributed by atoms with Crippen molar-refractivity contribution >= 4 is 27.5 Å². The number of rotatable bonds is 2. The van der Waals surface area contributed by atoms with Gasteiger partial charge in [0.05, 0.1) is 9.50 Å². The highest BCUT2D eigenvalue weighted by molar-refractivity contribution is 9.10. The lowest BCUT2D eigenvalue weighted by atomic mass is 9.87. The second kappa shape index (κ2) is 5.57. The van der Waals surface area contributed by atoms with Crippen LogP contribution in [0, 0.1) is 5.92 Å². The smallest absolute Gasteiger partial charge is 0.136 e. The Hall–Kier alpha value is -0.290. The standard InChI is InChI=1S/C12H15BrClNO2/c13-10-9(14)2-1-8(12(10)16)11(15)7-3-5-17-6-4-7/h1-2,7,11,16H,3-6,15H2/t11-/m1/s1. The van der Waals surface area contributed by atoms with Crippen LogP contribution in [0.3, 0.4) is 0 Å². The highest BCUT2D eigenvalue weighted by Crippen LogP contribution is 2.40. The van der Waals surface area contributed by atoms with Gasteiger partial charge in [-0.2, -0.15) is 0 Å². The van der Waals surface area contributed by atoms with E-state index in [0.717, 1.165) is 31.6 Å². The van der Waals surface area contributed by atoms with E-state index >= 15 is 0 Å². The summed E-state index contributed by atoms with van der Waals surface area (Å²) < 4.78 is 5.82. The summed E-state index contributed by atoms with van der Waals surface area (Å²) >= 11 is 9.17. The zero-order valence-electron chi connectivity index (χ0n) is 9.33. The van der Waals surface area contributed by atoms with Gasteiger partial charge in [-0.15, -0.1) is 0 Å². The molecule has 1 atom stereocenters. The summed E-state index contributed by atoms with van der Waals surface area (Å²) in [5.41, 5.74) is 6.95. The molecule has 0 saturated carbocycles. The maximum Gasteiger partial charge on any atom is 0.136 e. The molecule has 0 radical (unpaired) electrons. The Bertz CT molecular complexity index is 408. The molecule has 2 rings (SSSR count). The van der Waals surface area contributed by atoms with Crippen molar-refractivity contribution in [1.82, 2.24) is 0 Å². The van der Waals surface area contributed by atoms with Gasteiger partial charge in [0.25, 0.3) is 0 Å². The molecule has 0 spiro atoms. The SMILES string of the molecule is N[C@@H](c1ccc(Cl)c(Br)c1O)C1CCOCC1. The molecule has 3 nitrogen and oxygen atoms in total. The number of halogens is 2. The van der Waals surface area contributed by atoms with Crippen LogP contribution in [0.4, 0.5) is 0 Å². The molecule has 1 fully saturated rings. The summed E-state index contributed by atoms with van der Waals surface area (Å²) in [5, 5.41) is 10.5. The summed E-state index contributed by atoms with van der Waals surface area (Å²) in [6, 6.07) is 3.37. The number of benzene rings is 1. The third-order valence-corrected chi connectivity index (χ3v) is 4.58. The van der Waals surface area contributed by atoms with Crippen molar-refractivity contribution in [2.75, 3.05) is 13.2 Å². The molecule has 94 valence electrons. The Labute approximate surface area is 114 Å². The third-order valence-electron chi connectivity index (χ3n) is 3.23. The zero-order chi connectivity index (χ0) is 12.4. The molecule has 0 aliphatic carbocycles. The van der Waals surface area contributed by atoms with Gasteiger partial charge in [0.2, 0.25) is 0 Å². The van der Waals surface area contributed by atoms with Gasteiger partial charge in [-0.3, -0.25) is 0 Å². The number of phenolic OH excluding ortho intramolecular Hbond substituents is 1. The lowest BCUT2D eigenvalue weighted by Gasteiger charge is -2.28. The predicted octanol–water partition coefficient (Wildman–Crippen LogP) is 3.23. The van der Waals surface area contributed by atoms with Gasteiger partial charge in [-0.1, -0.05) is 17.7 Å². The van der Waals surface area contributed by atoms with Crippen molar-refractivity contribution in [1.29, 1.82) is 0 Å². The quantitative estimate of drug-likeness (QED) is 0.879. The van der Waals surface area contributed by atoms with Gasteiger partial charge in [-0.05, 0) is 40.8 Å². The molecule has 0 aromatic heterocycles. The zero-order valence-corrected chi connectivity index (χ0v) is 11.7. The molecule has 1 aromatic carbocycles. The van der Waals surface area contributed by atoms with E-state index in [1.807, 2.05) is 0 Å². The number of phenols is 1. The Balaban J connectivity index is 2.24. The first kappa shape index (κ1) is 13.1. The maximum absolute atomic E-state index is 10.0. The maximum atomic E-state index is 10.0. The van der Waals surface area contributed by atoms with Crippen LogP contribution in [0.2, 0.25) is 5.02 Å². The Kier molecular flexibility index (Phi) is 4.31. The largest absolute Gasteiger partial charge is 0.506 e. The van der Waals surface area contributed by atoms with Gasteiger partial charge >= 0.3 is 0 Å². The van der Waals surface area contributed by atoms with E-state index in [9.17, 15) is 5.11 Å². The van der Waals surface area contributed by atoms with Crippen LogP contribution in [0.25, 0.3) is 0 Å². The van der Waals surface area contributed by atoms with E-state index < -0.39 is 0 Å². The number of hydrogen-bond donors (Lipinski definition) is 2. The van der Waals surface area contributed by atoms with Crippen LogP contribution in [-0.2, 0) is 4.74 Å². The van der Waals surface area contributed by atoms with Crippen LogP contribution >= 0.6 is 27.5 Å². The molecule has 1 aliphatic heterocycles. The lowest BCUT2D eigenvalue weighted by Crippen LogP contribution is -2.27. The molecular formula is C12H15BrClNO2. The molecule has 1 aromatic rings. The minimum absolute atomic E-state index is 0.150. The van der Waals surface area contributed by atoms with Gasteiger partial charge in [-0.25, -0.2) is 0 Å². The summed E-state index contributed by atoms with van der Waals surface area (Å²) in [5.74, 6) is 0.499. The van der Waals surface area contributed by atoms with Gasteiger partial charge in [0, 0.05) is 24.8 Å².